The molecule has 1 aliphatic heterocycles. The summed E-state index contributed by atoms with van der Waals surface area (Å²) in [4.78, 5) is 20.5. The number of hydrogen-bond donors (Lipinski definition) is 0. The third-order valence-corrected chi connectivity index (χ3v) is 5.28. The van der Waals surface area contributed by atoms with Gasteiger partial charge in [-0.1, -0.05) is 0 Å². The van der Waals surface area contributed by atoms with Crippen LogP contribution in [0.4, 0.5) is 5.69 Å². The summed E-state index contributed by atoms with van der Waals surface area (Å²) in [5, 5.41) is 0. The number of rotatable bonds is 4. The average molecular weight is 366 g/mol. The van der Waals surface area contributed by atoms with E-state index < -0.39 is 0 Å². The summed E-state index contributed by atoms with van der Waals surface area (Å²) in [5.41, 5.74) is 1.82. The minimum atomic E-state index is -0.0192. The fraction of sp³-hybridized carbons (Fsp3) is 0.200. The van der Waals surface area contributed by atoms with Crippen molar-refractivity contribution in [2.75, 3.05) is 24.7 Å². The molecule has 0 radical (unpaired) electrons. The quantitative estimate of drug-likeness (QED) is 0.693. The van der Waals surface area contributed by atoms with E-state index in [2.05, 4.69) is 4.98 Å². The molecule has 5 nitrogen and oxygen atoms in total. The first kappa shape index (κ1) is 16.6. The van der Waals surface area contributed by atoms with E-state index in [4.69, 9.17) is 9.47 Å². The van der Waals surface area contributed by atoms with Crippen molar-refractivity contribution < 1.29 is 14.3 Å². The molecule has 3 aromatic rings. The van der Waals surface area contributed by atoms with Gasteiger partial charge in [0.15, 0.2) is 11.5 Å². The molecule has 1 amide bonds. The van der Waals surface area contributed by atoms with Crippen molar-refractivity contribution in [3.8, 4) is 21.9 Å². The van der Waals surface area contributed by atoms with Gasteiger partial charge in [-0.2, -0.15) is 0 Å². The number of fused-ring (bicyclic) bond motifs is 1. The summed E-state index contributed by atoms with van der Waals surface area (Å²) in [5.74, 6) is 1.50. The lowest BCUT2D eigenvalue weighted by Crippen LogP contribution is -2.29. The van der Waals surface area contributed by atoms with Gasteiger partial charge in [0.1, 0.15) is 13.2 Å². The topological polar surface area (TPSA) is 51.7 Å². The van der Waals surface area contributed by atoms with Crippen LogP contribution in [0.2, 0.25) is 0 Å². The van der Waals surface area contributed by atoms with Crippen LogP contribution in [0.1, 0.15) is 16.6 Å². The molecule has 6 heteroatoms. The van der Waals surface area contributed by atoms with Gasteiger partial charge in [-0.3, -0.25) is 9.78 Å². The molecule has 1 aromatic carbocycles. The van der Waals surface area contributed by atoms with Crippen molar-refractivity contribution in [2.24, 2.45) is 0 Å². The zero-order valence-corrected chi connectivity index (χ0v) is 15.2. The summed E-state index contributed by atoms with van der Waals surface area (Å²) in [6, 6.07) is 13.4. The van der Waals surface area contributed by atoms with Crippen molar-refractivity contribution in [3.63, 3.8) is 0 Å². The van der Waals surface area contributed by atoms with Gasteiger partial charge in [0.2, 0.25) is 0 Å². The van der Waals surface area contributed by atoms with Gasteiger partial charge in [-0.15, -0.1) is 11.3 Å². The lowest BCUT2D eigenvalue weighted by atomic mass is 10.1. The second kappa shape index (κ2) is 7.17. The number of amides is 1. The maximum Gasteiger partial charge on any atom is 0.268 e. The number of nitrogens with zero attached hydrogens (tertiary/aromatic N) is 2. The van der Waals surface area contributed by atoms with Gasteiger partial charge < -0.3 is 14.4 Å². The molecular weight excluding hydrogens is 348 g/mol. The third-order valence-electron chi connectivity index (χ3n) is 4.16. The Morgan fingerprint density at radius 3 is 2.77 bits per heavy atom. The number of carbonyl (C=O) groups excluding carboxylic acids is 1. The van der Waals surface area contributed by atoms with Crippen LogP contribution < -0.4 is 14.4 Å². The molecule has 132 valence electrons. The normalized spacial score (nSPS) is 12.7. The molecule has 0 spiro atoms. The van der Waals surface area contributed by atoms with E-state index in [1.807, 2.05) is 49.4 Å². The Kier molecular flexibility index (Phi) is 4.58. The molecule has 0 atom stereocenters. The lowest BCUT2D eigenvalue weighted by molar-refractivity contribution is 0.0992. The molecule has 4 rings (SSSR count). The van der Waals surface area contributed by atoms with E-state index in [0.29, 0.717) is 24.6 Å². The van der Waals surface area contributed by atoms with Crippen LogP contribution >= 0.6 is 11.3 Å². The van der Waals surface area contributed by atoms with E-state index >= 15 is 0 Å². The molecule has 0 saturated heterocycles. The number of carbonyl (C=O) groups is 1. The molecule has 0 aliphatic carbocycles. The Labute approximate surface area is 155 Å². The van der Waals surface area contributed by atoms with Gasteiger partial charge in [0, 0.05) is 17.6 Å². The number of anilines is 1. The molecule has 0 N–H and O–H groups in total. The fourth-order valence-electron chi connectivity index (χ4n) is 2.89. The fourth-order valence-corrected chi connectivity index (χ4v) is 3.85. The molecule has 26 heavy (non-hydrogen) atoms. The zero-order valence-electron chi connectivity index (χ0n) is 14.3. The van der Waals surface area contributed by atoms with Crippen molar-refractivity contribution in [2.45, 2.75) is 6.92 Å². The number of benzene rings is 1. The molecule has 3 heterocycles. The Balaban J connectivity index is 1.60. The summed E-state index contributed by atoms with van der Waals surface area (Å²) >= 11 is 1.48. The number of ether oxygens (including phenoxy) is 2. The molecule has 0 unspecified atom stereocenters. The van der Waals surface area contributed by atoms with Gasteiger partial charge in [-0.25, -0.2) is 0 Å². The van der Waals surface area contributed by atoms with Gasteiger partial charge in [-0.05, 0) is 55.0 Å². The van der Waals surface area contributed by atoms with Crippen LogP contribution in [0.3, 0.4) is 0 Å². The Morgan fingerprint density at radius 1 is 1.15 bits per heavy atom. The largest absolute Gasteiger partial charge is 0.486 e. The Bertz CT molecular complexity index is 924. The number of pyridine rings is 1. The highest BCUT2D eigenvalue weighted by molar-refractivity contribution is 7.17. The number of hydrogen-bond acceptors (Lipinski definition) is 5. The molecule has 2 aromatic heterocycles. The summed E-state index contributed by atoms with van der Waals surface area (Å²) < 4.78 is 11.2. The molecule has 0 saturated carbocycles. The van der Waals surface area contributed by atoms with Gasteiger partial charge >= 0.3 is 0 Å². The second-order valence-corrected chi connectivity index (χ2v) is 6.87. The molecule has 0 bridgehead atoms. The predicted octanol–water partition coefficient (Wildman–Crippen LogP) is 4.25. The van der Waals surface area contributed by atoms with E-state index in [0.717, 1.165) is 27.6 Å². The first-order valence-corrected chi connectivity index (χ1v) is 9.29. The Hall–Kier alpha value is -2.86. The van der Waals surface area contributed by atoms with Gasteiger partial charge in [0.25, 0.3) is 5.91 Å². The summed E-state index contributed by atoms with van der Waals surface area (Å²) in [6.07, 6.45) is 3.41. The average Bonchev–Trinajstić information content (AvgIpc) is 3.19. The van der Waals surface area contributed by atoms with Gasteiger partial charge in [0.05, 0.1) is 16.8 Å². The minimum absolute atomic E-state index is 0.0192. The molecule has 1 aliphatic rings. The van der Waals surface area contributed by atoms with Crippen LogP contribution in [-0.2, 0) is 0 Å². The molecule has 0 fully saturated rings. The number of aromatic nitrogens is 1. The Morgan fingerprint density at radius 2 is 2.00 bits per heavy atom. The standard InChI is InChI=1S/C20H18N2O3S/c1-2-22(15-4-3-9-21-13-15)20(23)19-8-7-18(26-19)14-5-6-16-17(12-14)25-11-10-24-16/h3-9,12-13H,2,10-11H2,1H3. The third kappa shape index (κ3) is 3.15. The first-order valence-electron chi connectivity index (χ1n) is 8.48. The highest BCUT2D eigenvalue weighted by atomic mass is 32.1. The summed E-state index contributed by atoms with van der Waals surface area (Å²) in [6.45, 7) is 3.68. The highest BCUT2D eigenvalue weighted by Crippen LogP contribution is 2.37. The van der Waals surface area contributed by atoms with Crippen molar-refractivity contribution in [1.82, 2.24) is 4.98 Å². The van der Waals surface area contributed by atoms with Crippen LogP contribution in [0.5, 0.6) is 11.5 Å². The van der Waals surface area contributed by atoms with Crippen molar-refractivity contribution in [3.05, 3.63) is 59.7 Å². The second-order valence-electron chi connectivity index (χ2n) is 5.78. The highest BCUT2D eigenvalue weighted by Gasteiger charge is 2.19. The maximum atomic E-state index is 12.9. The van der Waals surface area contributed by atoms with Crippen LogP contribution in [0, 0.1) is 0 Å². The van der Waals surface area contributed by atoms with Crippen LogP contribution in [-0.4, -0.2) is 30.6 Å². The minimum Gasteiger partial charge on any atom is -0.486 e. The van der Waals surface area contributed by atoms with E-state index in [-0.39, 0.29) is 5.91 Å². The summed E-state index contributed by atoms with van der Waals surface area (Å²) in [7, 11) is 0. The van der Waals surface area contributed by atoms with Crippen molar-refractivity contribution >= 4 is 22.9 Å². The van der Waals surface area contributed by atoms with Crippen molar-refractivity contribution in [1.29, 1.82) is 0 Å². The smallest absolute Gasteiger partial charge is 0.268 e. The molecular formula is C20H18N2O3S. The van der Waals surface area contributed by atoms with E-state index in [1.165, 1.54) is 11.3 Å². The number of thiophene rings is 1. The lowest BCUT2D eigenvalue weighted by Gasteiger charge is -2.19. The van der Waals surface area contributed by atoms with E-state index in [1.54, 1.807) is 17.3 Å². The van der Waals surface area contributed by atoms with Crippen LogP contribution in [0.25, 0.3) is 10.4 Å². The first-order chi connectivity index (χ1) is 12.8. The maximum absolute atomic E-state index is 12.9. The SMILES string of the molecule is CCN(C(=O)c1ccc(-c2ccc3c(c2)OCCO3)s1)c1cccnc1. The van der Waals surface area contributed by atoms with E-state index in [9.17, 15) is 4.79 Å². The zero-order chi connectivity index (χ0) is 17.9. The predicted molar refractivity (Wildman–Crippen MR) is 102 cm³/mol. The monoisotopic (exact) mass is 366 g/mol. The van der Waals surface area contributed by atoms with Crippen LogP contribution in [0.15, 0.2) is 54.9 Å².